The van der Waals surface area contributed by atoms with Gasteiger partial charge in [0.05, 0.1) is 18.4 Å². The van der Waals surface area contributed by atoms with E-state index < -0.39 is 29.7 Å². The summed E-state index contributed by atoms with van der Waals surface area (Å²) in [4.78, 5) is 45.3. The van der Waals surface area contributed by atoms with Crippen molar-refractivity contribution >= 4 is 23.9 Å². The minimum atomic E-state index is -1.08. The zero-order chi connectivity index (χ0) is 21.4. The van der Waals surface area contributed by atoms with Crippen molar-refractivity contribution in [2.45, 2.75) is 31.7 Å². The van der Waals surface area contributed by atoms with Crippen LogP contribution in [-0.2, 0) is 9.59 Å². The van der Waals surface area contributed by atoms with Crippen LogP contribution >= 0.6 is 0 Å². The summed E-state index contributed by atoms with van der Waals surface area (Å²) in [6.45, 7) is 2.99. The first-order valence-electron chi connectivity index (χ1n) is 9.28. The van der Waals surface area contributed by atoms with E-state index in [0.29, 0.717) is 5.92 Å². The first-order chi connectivity index (χ1) is 13.8. The second-order valence-corrected chi connectivity index (χ2v) is 6.94. The number of carboxylic acid groups (broad SMARTS) is 2. The highest BCUT2D eigenvalue weighted by Gasteiger charge is 2.35. The number of carbonyl (C=O) groups excluding carboxylic acids is 2. The van der Waals surface area contributed by atoms with Crippen LogP contribution in [0.1, 0.15) is 36.0 Å². The number of halogens is 1. The van der Waals surface area contributed by atoms with Crippen molar-refractivity contribution in [2.75, 3.05) is 19.6 Å². The summed E-state index contributed by atoms with van der Waals surface area (Å²) < 4.78 is 13.5. The first-order valence-corrected chi connectivity index (χ1v) is 9.28. The Bertz CT molecular complexity index is 750. The largest absolute Gasteiger partial charge is 0.481 e. The number of urea groups is 1. The molecule has 9 nitrogen and oxygen atoms in total. The van der Waals surface area contributed by atoms with Gasteiger partial charge in [0.15, 0.2) is 0 Å². The molecule has 0 saturated carbocycles. The Labute approximate surface area is 166 Å². The van der Waals surface area contributed by atoms with Crippen LogP contribution < -0.4 is 10.6 Å². The lowest BCUT2D eigenvalue weighted by Gasteiger charge is -2.44. The molecule has 0 spiro atoms. The van der Waals surface area contributed by atoms with Crippen molar-refractivity contribution in [3.8, 4) is 0 Å². The van der Waals surface area contributed by atoms with E-state index in [0.717, 1.165) is 32.5 Å². The molecule has 1 aromatic rings. The van der Waals surface area contributed by atoms with Gasteiger partial charge in [0.1, 0.15) is 5.82 Å². The summed E-state index contributed by atoms with van der Waals surface area (Å²) in [5.74, 6) is -3.03. The Balaban J connectivity index is 0.000000321. The number of piperidine rings is 3. The fraction of sp³-hybridized carbons (Fsp3) is 0.474. The molecule has 3 heterocycles. The van der Waals surface area contributed by atoms with Gasteiger partial charge in [0.25, 0.3) is 5.91 Å². The van der Waals surface area contributed by atoms with Crippen molar-refractivity contribution < 1.29 is 33.8 Å². The van der Waals surface area contributed by atoms with Crippen molar-refractivity contribution in [3.05, 3.63) is 35.6 Å². The Morgan fingerprint density at radius 2 is 1.62 bits per heavy atom. The summed E-state index contributed by atoms with van der Waals surface area (Å²) >= 11 is 0. The molecule has 1 atom stereocenters. The number of rotatable bonds is 5. The van der Waals surface area contributed by atoms with E-state index in [1.807, 2.05) is 0 Å². The molecule has 29 heavy (non-hydrogen) atoms. The van der Waals surface area contributed by atoms with Gasteiger partial charge in [-0.1, -0.05) is 12.1 Å². The zero-order valence-corrected chi connectivity index (χ0v) is 15.8. The average Bonchev–Trinajstić information content (AvgIpc) is 2.68. The van der Waals surface area contributed by atoms with E-state index in [9.17, 15) is 23.6 Å². The maximum Gasteiger partial charge on any atom is 0.321 e. The van der Waals surface area contributed by atoms with Crippen LogP contribution in [0, 0.1) is 11.7 Å². The molecule has 4 N–H and O–H groups in total. The van der Waals surface area contributed by atoms with Crippen LogP contribution in [0.15, 0.2) is 24.3 Å². The van der Waals surface area contributed by atoms with Gasteiger partial charge >= 0.3 is 18.0 Å². The van der Waals surface area contributed by atoms with Crippen LogP contribution in [0.4, 0.5) is 9.18 Å². The van der Waals surface area contributed by atoms with Gasteiger partial charge in [-0.2, -0.15) is 0 Å². The summed E-state index contributed by atoms with van der Waals surface area (Å²) in [5, 5.41) is 20.8. The van der Waals surface area contributed by atoms with Crippen LogP contribution in [0.3, 0.4) is 0 Å². The van der Waals surface area contributed by atoms with Gasteiger partial charge in [-0.3, -0.25) is 19.7 Å². The molecular weight excluding hydrogens is 385 g/mol. The second kappa shape index (κ2) is 10.5. The number of amides is 3. The predicted octanol–water partition coefficient (Wildman–Crippen LogP) is 1.30. The summed E-state index contributed by atoms with van der Waals surface area (Å²) in [6, 6.07) is 5.12. The summed E-state index contributed by atoms with van der Waals surface area (Å²) in [7, 11) is 0. The lowest BCUT2D eigenvalue weighted by atomic mass is 9.84. The van der Waals surface area contributed by atoms with Crippen molar-refractivity contribution in [1.82, 2.24) is 15.5 Å². The molecule has 4 rings (SSSR count). The minimum Gasteiger partial charge on any atom is -0.481 e. The first kappa shape index (κ1) is 22.3. The number of aliphatic carboxylic acids is 2. The lowest BCUT2D eigenvalue weighted by Crippen LogP contribution is -2.59. The van der Waals surface area contributed by atoms with E-state index in [1.165, 1.54) is 18.2 Å². The maximum atomic E-state index is 13.5. The third-order valence-electron chi connectivity index (χ3n) is 4.87. The number of imide groups is 1. The number of hydrogen-bond donors (Lipinski definition) is 4. The quantitative estimate of drug-likeness (QED) is 0.575. The average molecular weight is 409 g/mol. The van der Waals surface area contributed by atoms with Crippen LogP contribution in [-0.4, -0.2) is 64.7 Å². The Hall–Kier alpha value is -3.01. The molecule has 3 aliphatic rings. The molecule has 1 unspecified atom stereocenters. The van der Waals surface area contributed by atoms with Gasteiger partial charge in [0.2, 0.25) is 0 Å². The van der Waals surface area contributed by atoms with E-state index in [1.54, 1.807) is 6.07 Å². The topological polar surface area (TPSA) is 136 Å². The molecule has 0 aromatic heterocycles. The number of fused-ring (bicyclic) bond motifs is 3. The monoisotopic (exact) mass is 409 g/mol. The van der Waals surface area contributed by atoms with E-state index in [-0.39, 0.29) is 24.4 Å². The number of carboxylic acids is 2. The van der Waals surface area contributed by atoms with Gasteiger partial charge in [-0.05, 0) is 44.0 Å². The predicted molar refractivity (Wildman–Crippen MR) is 99.9 cm³/mol. The van der Waals surface area contributed by atoms with Gasteiger partial charge in [-0.25, -0.2) is 9.18 Å². The molecule has 158 valence electrons. The number of nitrogens with one attached hydrogen (secondary N) is 2. The smallest absolute Gasteiger partial charge is 0.321 e. The van der Waals surface area contributed by atoms with Gasteiger partial charge < -0.3 is 20.4 Å². The third-order valence-corrected chi connectivity index (χ3v) is 4.87. The van der Waals surface area contributed by atoms with Crippen LogP contribution in [0.25, 0.3) is 0 Å². The highest BCUT2D eigenvalue weighted by atomic mass is 19.1. The van der Waals surface area contributed by atoms with Crippen molar-refractivity contribution in [3.63, 3.8) is 0 Å². The van der Waals surface area contributed by atoms with Crippen molar-refractivity contribution in [2.24, 2.45) is 5.92 Å². The van der Waals surface area contributed by atoms with Crippen molar-refractivity contribution in [1.29, 1.82) is 0 Å². The molecule has 3 saturated heterocycles. The number of carbonyl (C=O) groups is 4. The highest BCUT2D eigenvalue weighted by Crippen LogP contribution is 2.27. The lowest BCUT2D eigenvalue weighted by molar-refractivity contribution is -0.143. The summed E-state index contributed by atoms with van der Waals surface area (Å²) in [5.41, 5.74) is -0.124. The van der Waals surface area contributed by atoms with E-state index in [2.05, 4.69) is 15.5 Å². The minimum absolute atomic E-state index is 0.0703. The molecule has 10 heteroatoms. The van der Waals surface area contributed by atoms with Gasteiger partial charge in [0, 0.05) is 12.6 Å². The molecule has 3 amide bonds. The van der Waals surface area contributed by atoms with Crippen LogP contribution in [0.5, 0.6) is 0 Å². The number of hydrogen-bond acceptors (Lipinski definition) is 5. The third kappa shape index (κ3) is 7.15. The Morgan fingerprint density at radius 3 is 2.10 bits per heavy atom. The van der Waals surface area contributed by atoms with Gasteiger partial charge in [-0.15, -0.1) is 0 Å². The molecule has 0 radical (unpaired) electrons. The molecule has 0 aliphatic carbocycles. The second-order valence-electron chi connectivity index (χ2n) is 6.94. The summed E-state index contributed by atoms with van der Waals surface area (Å²) in [6.07, 6.45) is 1.56. The normalized spacial score (nSPS) is 22.0. The number of nitrogens with zero attached hydrogens (tertiary/aromatic N) is 1. The number of benzene rings is 1. The Kier molecular flexibility index (Phi) is 8.08. The standard InChI is InChI=1S/C15H18FN3O2.C4H6O4/c16-12-4-2-1-3-11(12)14(20)18-15(21)17-13-9-19-7-5-10(13)6-8-19;5-3(6)1-2-4(7)8/h1-4,10,13H,5-9H2,(H2,17,18,20,21);1-2H2,(H,5,6)(H,7,8). The van der Waals surface area contributed by atoms with E-state index in [4.69, 9.17) is 10.2 Å². The van der Waals surface area contributed by atoms with E-state index >= 15 is 0 Å². The fourth-order valence-corrected chi connectivity index (χ4v) is 3.36. The molecule has 3 aliphatic heterocycles. The zero-order valence-electron chi connectivity index (χ0n) is 15.8. The highest BCUT2D eigenvalue weighted by molar-refractivity contribution is 6.04. The maximum absolute atomic E-state index is 13.5. The molecule has 2 bridgehead atoms. The molecule has 3 fully saturated rings. The SMILES string of the molecule is O=C(NC(=O)c1ccccc1F)NC1CN2CCC1CC2.O=C(O)CCC(=O)O. The molecule has 1 aromatic carbocycles. The Morgan fingerprint density at radius 1 is 1.03 bits per heavy atom. The molecular formula is C19H24FN3O6. The fourth-order valence-electron chi connectivity index (χ4n) is 3.36. The van der Waals surface area contributed by atoms with Crippen LogP contribution in [0.2, 0.25) is 0 Å².